The Morgan fingerprint density at radius 1 is 0.968 bits per heavy atom. The molecule has 0 spiro atoms. The van der Waals surface area contributed by atoms with Gasteiger partial charge in [-0.25, -0.2) is 12.8 Å². The molecule has 3 aromatic carbocycles. The van der Waals surface area contributed by atoms with E-state index in [9.17, 15) is 17.6 Å². The molecule has 0 aromatic heterocycles. The van der Waals surface area contributed by atoms with Crippen LogP contribution in [0.4, 0.5) is 10.1 Å². The van der Waals surface area contributed by atoms with Crippen LogP contribution in [0.1, 0.15) is 31.0 Å². The summed E-state index contributed by atoms with van der Waals surface area (Å²) in [6, 6.07) is 20.6. The Morgan fingerprint density at radius 3 is 2.23 bits per heavy atom. The van der Waals surface area contributed by atoms with E-state index in [-0.39, 0.29) is 17.3 Å². The van der Waals surface area contributed by atoms with Gasteiger partial charge in [0.2, 0.25) is 5.91 Å². The van der Waals surface area contributed by atoms with Crippen LogP contribution < -0.4 is 9.62 Å². The summed E-state index contributed by atoms with van der Waals surface area (Å²) in [5.74, 6) is -0.819. The number of rotatable bonds is 8. The molecule has 0 aliphatic rings. The van der Waals surface area contributed by atoms with E-state index in [4.69, 9.17) is 0 Å². The van der Waals surface area contributed by atoms with Gasteiger partial charge in [-0.2, -0.15) is 0 Å². The molecule has 1 unspecified atom stereocenters. The molecular formula is C24H25FN2O3S. The van der Waals surface area contributed by atoms with Gasteiger partial charge in [0, 0.05) is 0 Å². The quantitative estimate of drug-likeness (QED) is 0.562. The van der Waals surface area contributed by atoms with Crippen molar-refractivity contribution in [2.75, 3.05) is 10.8 Å². The number of aryl methyl sites for hydroxylation is 1. The highest BCUT2D eigenvalue weighted by atomic mass is 32.2. The number of nitrogens with zero attached hydrogens (tertiary/aromatic N) is 1. The topological polar surface area (TPSA) is 66.5 Å². The van der Waals surface area contributed by atoms with Gasteiger partial charge in [0.05, 0.1) is 16.6 Å². The van der Waals surface area contributed by atoms with E-state index in [1.165, 1.54) is 24.3 Å². The van der Waals surface area contributed by atoms with Crippen LogP contribution in [-0.4, -0.2) is 20.9 Å². The molecule has 3 rings (SSSR count). The zero-order valence-electron chi connectivity index (χ0n) is 17.5. The van der Waals surface area contributed by atoms with Gasteiger partial charge in [-0.05, 0) is 54.8 Å². The van der Waals surface area contributed by atoms with Gasteiger partial charge in [0.1, 0.15) is 12.4 Å². The Labute approximate surface area is 182 Å². The fraction of sp³-hybridized carbons (Fsp3) is 0.208. The van der Waals surface area contributed by atoms with Crippen molar-refractivity contribution in [2.24, 2.45) is 0 Å². The van der Waals surface area contributed by atoms with Crippen LogP contribution in [0.5, 0.6) is 0 Å². The number of nitrogens with one attached hydrogen (secondary N) is 1. The normalized spacial score (nSPS) is 12.2. The highest BCUT2D eigenvalue weighted by molar-refractivity contribution is 7.92. The molecule has 1 N–H and O–H groups in total. The van der Waals surface area contributed by atoms with Crippen molar-refractivity contribution in [2.45, 2.75) is 31.2 Å². The lowest BCUT2D eigenvalue weighted by atomic mass is 10.1. The van der Waals surface area contributed by atoms with Crippen LogP contribution in [0, 0.1) is 5.82 Å². The van der Waals surface area contributed by atoms with E-state index in [0.717, 1.165) is 15.4 Å². The fourth-order valence-corrected chi connectivity index (χ4v) is 4.80. The van der Waals surface area contributed by atoms with E-state index in [0.29, 0.717) is 12.1 Å². The maximum Gasteiger partial charge on any atom is 0.264 e. The summed E-state index contributed by atoms with van der Waals surface area (Å²) in [4.78, 5) is 13.0. The number of amides is 1. The van der Waals surface area contributed by atoms with Gasteiger partial charge < -0.3 is 5.32 Å². The van der Waals surface area contributed by atoms with Crippen molar-refractivity contribution in [3.8, 4) is 0 Å². The Bertz CT molecular complexity index is 1130. The number of hydrogen-bond donors (Lipinski definition) is 1. The molecule has 31 heavy (non-hydrogen) atoms. The minimum Gasteiger partial charge on any atom is -0.348 e. The molecule has 0 radical (unpaired) electrons. The second-order valence-corrected chi connectivity index (χ2v) is 9.01. The minimum atomic E-state index is -3.96. The van der Waals surface area contributed by atoms with Gasteiger partial charge in [0.25, 0.3) is 10.0 Å². The maximum absolute atomic E-state index is 13.4. The number of halogens is 1. The molecule has 0 heterocycles. The molecule has 0 saturated heterocycles. The highest BCUT2D eigenvalue weighted by Gasteiger charge is 2.28. The standard InChI is InChI=1S/C24H25FN2O3S/c1-3-19-9-7-8-12-23(19)27(31(29,30)22-10-5-4-6-11-22)17-24(28)26-18(2)20-13-15-21(25)16-14-20/h4-16,18H,3,17H2,1-2H3,(H,26,28). The predicted octanol–water partition coefficient (Wildman–Crippen LogP) is 4.46. The Morgan fingerprint density at radius 2 is 1.58 bits per heavy atom. The van der Waals surface area contributed by atoms with E-state index in [1.54, 1.807) is 49.4 Å². The van der Waals surface area contributed by atoms with Crippen LogP contribution in [0.25, 0.3) is 0 Å². The minimum absolute atomic E-state index is 0.111. The molecule has 5 nitrogen and oxygen atoms in total. The van der Waals surface area contributed by atoms with Crippen molar-refractivity contribution >= 4 is 21.6 Å². The van der Waals surface area contributed by atoms with Gasteiger partial charge in [-0.3, -0.25) is 9.10 Å². The molecule has 162 valence electrons. The summed E-state index contributed by atoms with van der Waals surface area (Å²) in [5.41, 5.74) is 2.01. The molecule has 0 saturated carbocycles. The number of anilines is 1. The second kappa shape index (κ2) is 9.75. The van der Waals surface area contributed by atoms with E-state index >= 15 is 0 Å². The van der Waals surface area contributed by atoms with Crippen molar-refractivity contribution in [3.63, 3.8) is 0 Å². The van der Waals surface area contributed by atoms with Crippen molar-refractivity contribution in [3.05, 3.63) is 95.8 Å². The molecule has 0 bridgehead atoms. The Balaban J connectivity index is 1.91. The lowest BCUT2D eigenvalue weighted by Crippen LogP contribution is -2.42. The largest absolute Gasteiger partial charge is 0.348 e. The smallest absolute Gasteiger partial charge is 0.264 e. The summed E-state index contributed by atoms with van der Waals surface area (Å²) in [7, 11) is -3.96. The molecule has 1 amide bonds. The first-order chi connectivity index (χ1) is 14.8. The van der Waals surface area contributed by atoms with Crippen molar-refractivity contribution in [1.29, 1.82) is 0 Å². The first kappa shape index (κ1) is 22.5. The van der Waals surface area contributed by atoms with Crippen molar-refractivity contribution < 1.29 is 17.6 Å². The fourth-order valence-electron chi connectivity index (χ4n) is 3.32. The zero-order chi connectivity index (χ0) is 22.4. The van der Waals surface area contributed by atoms with Crippen LogP contribution in [0.15, 0.2) is 83.8 Å². The lowest BCUT2D eigenvalue weighted by Gasteiger charge is -2.27. The first-order valence-corrected chi connectivity index (χ1v) is 11.5. The van der Waals surface area contributed by atoms with Gasteiger partial charge in [0.15, 0.2) is 0 Å². The number of benzene rings is 3. The summed E-state index contributed by atoms with van der Waals surface area (Å²) in [6.07, 6.45) is 0.616. The maximum atomic E-state index is 13.4. The second-order valence-electron chi connectivity index (χ2n) is 7.15. The third kappa shape index (κ3) is 5.30. The zero-order valence-corrected chi connectivity index (χ0v) is 18.3. The van der Waals surface area contributed by atoms with Gasteiger partial charge in [-0.15, -0.1) is 0 Å². The third-order valence-electron chi connectivity index (χ3n) is 5.01. The third-order valence-corrected chi connectivity index (χ3v) is 6.78. The lowest BCUT2D eigenvalue weighted by molar-refractivity contribution is -0.120. The summed E-state index contributed by atoms with van der Waals surface area (Å²) in [5, 5.41) is 2.81. The Kier molecular flexibility index (Phi) is 7.07. The molecular weight excluding hydrogens is 415 g/mol. The Hall–Kier alpha value is -3.19. The number of hydrogen-bond acceptors (Lipinski definition) is 3. The van der Waals surface area contributed by atoms with Gasteiger partial charge in [-0.1, -0.05) is 55.5 Å². The van der Waals surface area contributed by atoms with Crippen LogP contribution >= 0.6 is 0 Å². The van der Waals surface area contributed by atoms with E-state index in [1.807, 2.05) is 19.1 Å². The number of carbonyl (C=O) groups is 1. The van der Waals surface area contributed by atoms with Crippen LogP contribution in [-0.2, 0) is 21.2 Å². The van der Waals surface area contributed by atoms with E-state index < -0.39 is 22.0 Å². The summed E-state index contributed by atoms with van der Waals surface area (Å²) in [6.45, 7) is 3.32. The first-order valence-electron chi connectivity index (χ1n) is 10.0. The summed E-state index contributed by atoms with van der Waals surface area (Å²) < 4.78 is 41.2. The SMILES string of the molecule is CCc1ccccc1N(CC(=O)NC(C)c1ccc(F)cc1)S(=O)(=O)c1ccccc1. The molecule has 7 heteroatoms. The average molecular weight is 441 g/mol. The monoisotopic (exact) mass is 440 g/mol. The molecule has 1 atom stereocenters. The van der Waals surface area contributed by atoms with Crippen molar-refractivity contribution in [1.82, 2.24) is 5.32 Å². The summed E-state index contributed by atoms with van der Waals surface area (Å²) >= 11 is 0. The number of sulfonamides is 1. The van der Waals surface area contributed by atoms with E-state index in [2.05, 4.69) is 5.32 Å². The molecule has 0 aliphatic carbocycles. The van der Waals surface area contributed by atoms with Crippen LogP contribution in [0.3, 0.4) is 0 Å². The van der Waals surface area contributed by atoms with Crippen LogP contribution in [0.2, 0.25) is 0 Å². The molecule has 0 aliphatic heterocycles. The highest BCUT2D eigenvalue weighted by Crippen LogP contribution is 2.27. The molecule has 3 aromatic rings. The number of para-hydroxylation sites is 1. The van der Waals surface area contributed by atoms with Gasteiger partial charge >= 0.3 is 0 Å². The number of carbonyl (C=O) groups excluding carboxylic acids is 1. The molecule has 0 fully saturated rings. The predicted molar refractivity (Wildman–Crippen MR) is 120 cm³/mol. The average Bonchev–Trinajstić information content (AvgIpc) is 2.78.